The van der Waals surface area contributed by atoms with Crippen LogP contribution in [-0.4, -0.2) is 19.5 Å². The molecule has 0 N–H and O–H groups in total. The van der Waals surface area contributed by atoms with E-state index in [1.54, 1.807) is 0 Å². The monoisotopic (exact) mass is 884 g/mol. The molecule has 13 rings (SSSR count). The van der Waals surface area contributed by atoms with Gasteiger partial charge in [0.15, 0.2) is 17.5 Å². The molecule has 0 aliphatic heterocycles. The summed E-state index contributed by atoms with van der Waals surface area (Å²) in [5.74, 6) is 1.62. The van der Waals surface area contributed by atoms with Gasteiger partial charge in [-0.15, -0.1) is 0 Å². The minimum absolute atomic E-state index is 0.524. The molecule has 13 aromatic rings. The Kier molecular flexibility index (Phi) is 9.37. The van der Waals surface area contributed by atoms with Crippen LogP contribution in [0.1, 0.15) is 5.56 Å². The van der Waals surface area contributed by atoms with Crippen LogP contribution in [0.15, 0.2) is 240 Å². The first-order valence-corrected chi connectivity index (χ1v) is 23.0. The molecule has 0 aliphatic rings. The molecule has 69 heavy (non-hydrogen) atoms. The van der Waals surface area contributed by atoms with Crippen molar-refractivity contribution in [3.8, 4) is 62.1 Å². The van der Waals surface area contributed by atoms with Crippen molar-refractivity contribution in [2.75, 3.05) is 0 Å². The van der Waals surface area contributed by atoms with E-state index in [2.05, 4.69) is 151 Å². The molecular weight excluding hydrogens is 845 g/mol. The van der Waals surface area contributed by atoms with Gasteiger partial charge in [-0.25, -0.2) is 15.0 Å². The van der Waals surface area contributed by atoms with Gasteiger partial charge in [-0.2, -0.15) is 0 Å². The summed E-state index contributed by atoms with van der Waals surface area (Å²) in [5, 5.41) is 6.36. The van der Waals surface area contributed by atoms with Gasteiger partial charge >= 0.3 is 0 Å². The second kappa shape index (κ2) is 16.2. The summed E-state index contributed by atoms with van der Waals surface area (Å²) in [6, 6.07) is 69.2. The Bertz CT molecular complexity index is 4220. The highest BCUT2D eigenvalue weighted by atomic mass is 16.3. The zero-order chi connectivity index (χ0) is 46.0. The molecule has 0 atom stereocenters. The second-order valence-electron chi connectivity index (χ2n) is 17.2. The smallest absolute Gasteiger partial charge is 0.164 e. The zero-order valence-corrected chi connectivity index (χ0v) is 37.3. The van der Waals surface area contributed by atoms with Crippen molar-refractivity contribution in [1.29, 1.82) is 0 Å². The van der Waals surface area contributed by atoms with E-state index >= 15 is 0 Å². The van der Waals surface area contributed by atoms with Crippen LogP contribution < -0.4 is 0 Å². The third kappa shape index (κ3) is 6.53. The van der Waals surface area contributed by atoms with Crippen molar-refractivity contribution in [2.24, 2.45) is 0 Å². The van der Waals surface area contributed by atoms with Gasteiger partial charge in [0.1, 0.15) is 22.3 Å². The lowest BCUT2D eigenvalue weighted by Crippen LogP contribution is -2.05. The minimum Gasteiger partial charge on any atom is -0.456 e. The number of rotatable bonds is 9. The van der Waals surface area contributed by atoms with E-state index < -0.39 is 0 Å². The van der Waals surface area contributed by atoms with Gasteiger partial charge < -0.3 is 13.4 Å². The van der Waals surface area contributed by atoms with E-state index in [1.165, 1.54) is 0 Å². The fourth-order valence-corrected chi connectivity index (χ4v) is 10.1. The highest BCUT2D eigenvalue weighted by Crippen LogP contribution is 2.46. The Hall–Kier alpha value is -9.39. The van der Waals surface area contributed by atoms with E-state index in [0.29, 0.717) is 17.5 Å². The number of hydrogen-bond acceptors (Lipinski definition) is 5. The van der Waals surface area contributed by atoms with Gasteiger partial charge in [0.05, 0.1) is 22.1 Å². The Morgan fingerprint density at radius 2 is 1.01 bits per heavy atom. The van der Waals surface area contributed by atoms with Gasteiger partial charge in [0.25, 0.3) is 0 Å². The minimum atomic E-state index is 0.524. The number of allylic oxidation sites excluding steroid dienone is 4. The van der Waals surface area contributed by atoms with Crippen LogP contribution in [0, 0.1) is 0 Å². The predicted octanol–water partition coefficient (Wildman–Crippen LogP) is 16.9. The highest BCUT2D eigenvalue weighted by Gasteiger charge is 2.26. The number of benzene rings is 9. The maximum Gasteiger partial charge on any atom is 0.164 e. The average molecular weight is 885 g/mol. The zero-order valence-electron chi connectivity index (χ0n) is 37.3. The number of hydrogen-bond donors (Lipinski definition) is 0. The molecule has 4 aromatic heterocycles. The maximum absolute atomic E-state index is 7.09. The van der Waals surface area contributed by atoms with Crippen LogP contribution in [-0.2, 0) is 0 Å². The number of fused-ring (bicyclic) bond motifs is 10. The van der Waals surface area contributed by atoms with Crippen molar-refractivity contribution in [3.05, 3.63) is 237 Å². The second-order valence-corrected chi connectivity index (χ2v) is 17.2. The van der Waals surface area contributed by atoms with Crippen LogP contribution >= 0.6 is 0 Å². The van der Waals surface area contributed by atoms with E-state index in [4.69, 9.17) is 23.8 Å². The van der Waals surface area contributed by atoms with E-state index in [9.17, 15) is 0 Å². The number of para-hydroxylation sites is 3. The van der Waals surface area contributed by atoms with Crippen LogP contribution in [0.4, 0.5) is 0 Å². The number of nitrogens with zero attached hydrogens (tertiary/aromatic N) is 4. The molecule has 324 valence electrons. The largest absolute Gasteiger partial charge is 0.456 e. The molecule has 6 heteroatoms. The van der Waals surface area contributed by atoms with Gasteiger partial charge in [-0.1, -0.05) is 183 Å². The van der Waals surface area contributed by atoms with E-state index in [0.717, 1.165) is 121 Å². The van der Waals surface area contributed by atoms with Crippen molar-refractivity contribution in [2.45, 2.75) is 0 Å². The Morgan fingerprint density at radius 1 is 0.420 bits per heavy atom. The maximum atomic E-state index is 7.09. The lowest BCUT2D eigenvalue weighted by atomic mass is 9.92. The van der Waals surface area contributed by atoms with Crippen LogP contribution in [0.5, 0.6) is 0 Å². The standard InChI is InChI=1S/C63H40N4O2/c1-3-19-39(4-2)51-36-44(63-65-61(42-24-12-7-13-25-42)64-62(66-63)43-32-33-47-46-26-15-17-31-55(46)68-56(47)38-43)37-52(41-22-10-6-11-23-41)58(51)67-53-30-16-14-27-50(53)57-54(67)35-34-49-48-29-18-28-45(59(48)69-60(49)57)40-20-8-5-9-21-40/h3-38H,1-2H2/b39-19+. The van der Waals surface area contributed by atoms with E-state index in [-0.39, 0.29) is 0 Å². The Balaban J connectivity index is 1.10. The number of furan rings is 2. The lowest BCUT2D eigenvalue weighted by Gasteiger charge is -2.21. The first-order chi connectivity index (χ1) is 34.1. The van der Waals surface area contributed by atoms with Crippen molar-refractivity contribution < 1.29 is 8.83 Å². The molecule has 0 fully saturated rings. The first kappa shape index (κ1) is 39.9. The van der Waals surface area contributed by atoms with Gasteiger partial charge in [0.2, 0.25) is 0 Å². The molecular formula is C63H40N4O2. The Morgan fingerprint density at radius 3 is 1.75 bits per heavy atom. The summed E-state index contributed by atoms with van der Waals surface area (Å²) < 4.78 is 15.8. The fraction of sp³-hybridized carbons (Fsp3) is 0. The van der Waals surface area contributed by atoms with Crippen LogP contribution in [0.3, 0.4) is 0 Å². The third-order valence-corrected chi connectivity index (χ3v) is 13.2. The summed E-state index contributed by atoms with van der Waals surface area (Å²) in [6.07, 6.45) is 5.72. The molecule has 0 aliphatic carbocycles. The molecule has 0 spiro atoms. The predicted molar refractivity (Wildman–Crippen MR) is 284 cm³/mol. The summed E-state index contributed by atoms with van der Waals surface area (Å²) in [7, 11) is 0. The molecule has 0 unspecified atom stereocenters. The normalized spacial score (nSPS) is 12.0. The molecule has 4 heterocycles. The molecule has 0 saturated heterocycles. The lowest BCUT2D eigenvalue weighted by molar-refractivity contribution is 0.669. The molecule has 0 bridgehead atoms. The topological polar surface area (TPSA) is 69.9 Å². The average Bonchev–Trinajstić information content (AvgIpc) is 4.10. The van der Waals surface area contributed by atoms with Gasteiger partial charge in [-0.05, 0) is 65.2 Å². The molecule has 9 aromatic carbocycles. The summed E-state index contributed by atoms with van der Waals surface area (Å²) in [4.78, 5) is 15.7. The van der Waals surface area contributed by atoms with Gasteiger partial charge in [-0.3, -0.25) is 0 Å². The fourth-order valence-electron chi connectivity index (χ4n) is 10.1. The number of aromatic nitrogens is 4. The summed E-state index contributed by atoms with van der Waals surface area (Å²) >= 11 is 0. The van der Waals surface area contributed by atoms with Gasteiger partial charge in [0, 0.05) is 60.3 Å². The van der Waals surface area contributed by atoms with Crippen molar-refractivity contribution >= 4 is 71.3 Å². The molecule has 0 saturated carbocycles. The third-order valence-electron chi connectivity index (χ3n) is 13.2. The quantitative estimate of drug-likeness (QED) is 0.135. The Labute approximate surface area is 397 Å². The van der Waals surface area contributed by atoms with Crippen LogP contribution in [0.25, 0.3) is 133 Å². The van der Waals surface area contributed by atoms with Crippen molar-refractivity contribution in [3.63, 3.8) is 0 Å². The molecule has 6 nitrogen and oxygen atoms in total. The van der Waals surface area contributed by atoms with E-state index in [1.807, 2.05) is 85.0 Å². The molecule has 0 amide bonds. The van der Waals surface area contributed by atoms with Crippen LogP contribution in [0.2, 0.25) is 0 Å². The first-order valence-electron chi connectivity index (χ1n) is 23.0. The SMILES string of the molecule is C=C/C=C(\C=C)c1cc(-c2nc(-c3ccccc3)nc(-c3ccc4c(c3)oc3ccccc34)n2)cc(-c2ccccc2)c1-n1c2ccccc2c2c3oc4c(-c5ccccc5)cccc4c3ccc21. The highest BCUT2D eigenvalue weighted by molar-refractivity contribution is 6.25. The van der Waals surface area contributed by atoms with Crippen molar-refractivity contribution in [1.82, 2.24) is 19.5 Å². The molecule has 0 radical (unpaired) electrons. The summed E-state index contributed by atoms with van der Waals surface area (Å²) in [6.45, 7) is 8.52. The summed E-state index contributed by atoms with van der Waals surface area (Å²) in [5.41, 5.74) is 14.8.